The molecule has 0 fully saturated rings. The smallest absolute Gasteiger partial charge is 0.485 e. The van der Waals surface area contributed by atoms with Gasteiger partial charge in [-0.3, -0.25) is 0 Å². The molecule has 2 aromatic rings. The number of halogens is 4. The Kier molecular flexibility index (Phi) is 8.44. The van der Waals surface area contributed by atoms with Gasteiger partial charge in [-0.05, 0) is 69.5 Å². The first-order valence-corrected chi connectivity index (χ1v) is 11.5. The molecule has 0 radical (unpaired) electrons. The fourth-order valence-corrected chi connectivity index (χ4v) is 4.92. The first kappa shape index (κ1) is 24.8. The van der Waals surface area contributed by atoms with E-state index in [0.717, 1.165) is 0 Å². The minimum Gasteiger partial charge on any atom is -0.741 e. The van der Waals surface area contributed by atoms with Gasteiger partial charge < -0.3 is 4.55 Å². The number of hydrogen-bond donors (Lipinski definition) is 0. The Hall–Kier alpha value is -1.22. The van der Waals surface area contributed by atoms with Crippen LogP contribution in [0.15, 0.2) is 40.1 Å². The van der Waals surface area contributed by atoms with Crippen LogP contribution in [0.5, 0.6) is 0 Å². The van der Waals surface area contributed by atoms with Crippen LogP contribution >= 0.6 is 11.6 Å². The summed E-state index contributed by atoms with van der Waals surface area (Å²) in [6.07, 6.45) is 0. The van der Waals surface area contributed by atoms with Gasteiger partial charge in [0.1, 0.15) is 0 Å². The second kappa shape index (κ2) is 9.52. The third-order valence-electron chi connectivity index (χ3n) is 4.40. The molecular weight excluding hydrogens is 433 g/mol. The summed E-state index contributed by atoms with van der Waals surface area (Å²) in [6.45, 7) is 10.9. The third kappa shape index (κ3) is 6.14. The summed E-state index contributed by atoms with van der Waals surface area (Å²) in [4.78, 5) is 2.72. The molecular formula is C19H22ClF3O3S2. The number of aryl methyl sites for hydroxylation is 2. The maximum absolute atomic E-state index is 10.7. The molecule has 1 unspecified atom stereocenters. The Labute approximate surface area is 172 Å². The fourth-order valence-electron chi connectivity index (χ4n) is 2.38. The molecule has 1 atom stereocenters. The first-order valence-electron chi connectivity index (χ1n) is 8.13. The van der Waals surface area contributed by atoms with Crippen molar-refractivity contribution in [2.45, 2.75) is 49.9 Å². The third-order valence-corrected chi connectivity index (χ3v) is 7.63. The molecule has 9 heteroatoms. The Morgan fingerprint density at radius 3 is 1.82 bits per heavy atom. The van der Waals surface area contributed by atoms with Crippen LogP contribution in [-0.4, -0.2) is 23.7 Å². The van der Waals surface area contributed by atoms with Crippen molar-refractivity contribution in [1.29, 1.82) is 0 Å². The minimum atomic E-state index is -6.09. The monoisotopic (exact) mass is 454 g/mol. The molecule has 0 aliphatic heterocycles. The largest absolute Gasteiger partial charge is 0.741 e. The highest BCUT2D eigenvalue weighted by atomic mass is 35.5. The maximum Gasteiger partial charge on any atom is 0.485 e. The van der Waals surface area contributed by atoms with E-state index in [4.69, 9.17) is 24.6 Å². The van der Waals surface area contributed by atoms with E-state index in [-0.39, 0.29) is 10.9 Å². The zero-order valence-electron chi connectivity index (χ0n) is 16.1. The minimum absolute atomic E-state index is 0.0415. The van der Waals surface area contributed by atoms with Crippen LogP contribution in [0.4, 0.5) is 13.2 Å². The second-order valence-electron chi connectivity index (χ2n) is 6.28. The van der Waals surface area contributed by atoms with Crippen molar-refractivity contribution in [1.82, 2.24) is 0 Å². The fraction of sp³-hybridized carbons (Fsp3) is 0.368. The molecule has 0 saturated heterocycles. The van der Waals surface area contributed by atoms with Gasteiger partial charge in [0.2, 0.25) is 0 Å². The Morgan fingerprint density at radius 2 is 1.43 bits per heavy atom. The van der Waals surface area contributed by atoms with Crippen LogP contribution in [0.2, 0.25) is 0 Å². The van der Waals surface area contributed by atoms with Gasteiger partial charge in [-0.25, -0.2) is 8.42 Å². The van der Waals surface area contributed by atoms with Crippen LogP contribution in [0.1, 0.15) is 27.8 Å². The number of alkyl halides is 4. The molecule has 0 saturated carbocycles. The van der Waals surface area contributed by atoms with E-state index in [0.29, 0.717) is 5.21 Å². The lowest BCUT2D eigenvalue weighted by atomic mass is 10.00. The Balaban J connectivity index is 0.000000416. The van der Waals surface area contributed by atoms with Crippen LogP contribution in [0.3, 0.4) is 0 Å². The van der Waals surface area contributed by atoms with Crippen molar-refractivity contribution in [3.05, 3.63) is 58.1 Å². The average Bonchev–Trinajstić information content (AvgIpc) is 2.58. The molecule has 156 valence electrons. The van der Waals surface area contributed by atoms with E-state index in [9.17, 15) is 13.2 Å². The molecule has 0 aliphatic rings. The summed E-state index contributed by atoms with van der Waals surface area (Å²) < 4.78 is 58.9. The highest BCUT2D eigenvalue weighted by Crippen LogP contribution is 2.31. The molecule has 0 bridgehead atoms. The van der Waals surface area contributed by atoms with Gasteiger partial charge in [-0.15, -0.1) is 0 Å². The summed E-state index contributed by atoms with van der Waals surface area (Å²) in [6, 6.07) is 11.1. The molecule has 28 heavy (non-hydrogen) atoms. The van der Waals surface area contributed by atoms with E-state index in [1.807, 2.05) is 0 Å². The van der Waals surface area contributed by atoms with Gasteiger partial charge in [-0.2, -0.15) is 13.2 Å². The highest BCUT2D eigenvalue weighted by molar-refractivity contribution is 7.98. The van der Waals surface area contributed by atoms with Gasteiger partial charge in [0, 0.05) is 5.56 Å². The summed E-state index contributed by atoms with van der Waals surface area (Å²) in [5, 5.41) is 0.645. The van der Waals surface area contributed by atoms with E-state index < -0.39 is 15.6 Å². The molecule has 0 N–H and O–H groups in total. The lowest BCUT2D eigenvalue weighted by molar-refractivity contribution is -0.0517. The normalized spacial score (nSPS) is 12.9. The average molecular weight is 455 g/mol. The summed E-state index contributed by atoms with van der Waals surface area (Å²) >= 11 is 6.31. The van der Waals surface area contributed by atoms with Gasteiger partial charge in [-0.1, -0.05) is 29.3 Å². The Morgan fingerprint density at radius 1 is 0.964 bits per heavy atom. The molecule has 2 rings (SSSR count). The number of rotatable bonds is 3. The van der Waals surface area contributed by atoms with Crippen LogP contribution in [-0.2, 0) is 21.0 Å². The predicted octanol–water partition coefficient (Wildman–Crippen LogP) is 5.51. The quantitative estimate of drug-likeness (QED) is 0.266. The van der Waals surface area contributed by atoms with Gasteiger partial charge >= 0.3 is 5.51 Å². The molecule has 0 aliphatic carbocycles. The van der Waals surface area contributed by atoms with Crippen molar-refractivity contribution in [2.24, 2.45) is 0 Å². The Bertz CT molecular complexity index is 925. The molecule has 3 nitrogen and oxygen atoms in total. The van der Waals surface area contributed by atoms with Crippen molar-refractivity contribution in [3.63, 3.8) is 0 Å². The van der Waals surface area contributed by atoms with E-state index in [2.05, 4.69) is 65.0 Å². The summed E-state index contributed by atoms with van der Waals surface area (Å²) in [7, 11) is -6.13. The zero-order chi connectivity index (χ0) is 21.9. The summed E-state index contributed by atoms with van der Waals surface area (Å²) in [5.74, 6) is 0. The summed E-state index contributed by atoms with van der Waals surface area (Å²) in [5.41, 5.74) is 1.19. The highest BCUT2D eigenvalue weighted by Gasteiger charge is 2.37. The standard InChI is InChI=1S/C18H22ClS.CHF3O3S/c1-12-6-8-17(9-7-12)20(11-19)18-10-13(2)14(3)15(4)16(18)5;2-1(3,4)8(5,6)7/h6-10H,11H2,1-5H3;(H,5,6,7)/q+1;/p-1. The van der Waals surface area contributed by atoms with Crippen molar-refractivity contribution in [2.75, 3.05) is 5.21 Å². The molecule has 0 spiro atoms. The molecule has 2 aromatic carbocycles. The zero-order valence-corrected chi connectivity index (χ0v) is 18.5. The maximum atomic E-state index is 10.7. The molecule has 0 heterocycles. The van der Waals surface area contributed by atoms with E-state index in [1.165, 1.54) is 37.6 Å². The van der Waals surface area contributed by atoms with Crippen molar-refractivity contribution >= 4 is 32.6 Å². The van der Waals surface area contributed by atoms with E-state index in [1.54, 1.807) is 0 Å². The van der Waals surface area contributed by atoms with Gasteiger partial charge in [0.05, 0.1) is 10.9 Å². The number of hydrogen-bond acceptors (Lipinski definition) is 3. The topological polar surface area (TPSA) is 57.2 Å². The van der Waals surface area contributed by atoms with Crippen molar-refractivity contribution in [3.8, 4) is 0 Å². The SMILES string of the molecule is Cc1ccc([S+](CCl)c2cc(C)c(C)c(C)c2C)cc1.O=S(=O)([O-])C(F)(F)F. The van der Waals surface area contributed by atoms with Crippen molar-refractivity contribution < 1.29 is 26.1 Å². The molecule has 0 aromatic heterocycles. The lowest BCUT2D eigenvalue weighted by Crippen LogP contribution is -2.21. The second-order valence-corrected chi connectivity index (χ2v) is 10.2. The van der Waals surface area contributed by atoms with Gasteiger partial charge in [0.25, 0.3) is 0 Å². The number of benzene rings is 2. The van der Waals surface area contributed by atoms with E-state index >= 15 is 0 Å². The first-order chi connectivity index (χ1) is 12.7. The molecule has 0 amide bonds. The van der Waals surface area contributed by atoms with Crippen LogP contribution in [0, 0.1) is 34.6 Å². The predicted molar refractivity (Wildman–Crippen MR) is 107 cm³/mol. The lowest BCUT2D eigenvalue weighted by Gasteiger charge is -2.14. The van der Waals surface area contributed by atoms with Gasteiger partial charge in [0.15, 0.2) is 25.1 Å². The van der Waals surface area contributed by atoms with Crippen LogP contribution < -0.4 is 0 Å². The van der Waals surface area contributed by atoms with Crippen LogP contribution in [0.25, 0.3) is 0 Å².